The molecule has 1 saturated carbocycles. The van der Waals surface area contributed by atoms with Crippen molar-refractivity contribution in [2.75, 3.05) is 18.0 Å². The van der Waals surface area contributed by atoms with Crippen LogP contribution in [0, 0.1) is 6.92 Å². The van der Waals surface area contributed by atoms with Crippen LogP contribution < -0.4 is 14.4 Å². The Balaban J connectivity index is 1.71. The maximum Gasteiger partial charge on any atom is 0.264 e. The molecule has 0 saturated heterocycles. The molecule has 3 aromatic rings. The minimum Gasteiger partial charge on any atom is -0.497 e. The van der Waals surface area contributed by atoms with Crippen molar-refractivity contribution in [3.8, 4) is 5.75 Å². The second-order valence-electron chi connectivity index (χ2n) is 10.9. The third-order valence-corrected chi connectivity index (χ3v) is 10.0. The summed E-state index contributed by atoms with van der Waals surface area (Å²) in [5, 5.41) is 3.62. The van der Waals surface area contributed by atoms with Gasteiger partial charge in [-0.2, -0.15) is 0 Å². The van der Waals surface area contributed by atoms with E-state index in [0.29, 0.717) is 28.4 Å². The topological polar surface area (TPSA) is 96.0 Å². The average Bonchev–Trinajstić information content (AvgIpc) is 3.01. The molecule has 3 aromatic carbocycles. The van der Waals surface area contributed by atoms with Gasteiger partial charge in [0.05, 0.1) is 17.7 Å². The van der Waals surface area contributed by atoms with Crippen LogP contribution in [0.4, 0.5) is 5.69 Å². The number of aryl methyl sites for hydroxylation is 1. The third kappa shape index (κ3) is 8.09. The summed E-state index contributed by atoms with van der Waals surface area (Å²) >= 11 is 6.49. The van der Waals surface area contributed by atoms with E-state index >= 15 is 0 Å². The average molecular weight is 626 g/mol. The number of ether oxygens (including phenoxy) is 1. The molecule has 0 heterocycles. The van der Waals surface area contributed by atoms with Gasteiger partial charge in [0.15, 0.2) is 0 Å². The van der Waals surface area contributed by atoms with Crippen molar-refractivity contribution >= 4 is 39.1 Å². The van der Waals surface area contributed by atoms with Crippen molar-refractivity contribution in [1.29, 1.82) is 0 Å². The molecule has 1 aliphatic rings. The monoisotopic (exact) mass is 625 g/mol. The summed E-state index contributed by atoms with van der Waals surface area (Å²) in [6.45, 7) is 3.30. The van der Waals surface area contributed by atoms with Crippen LogP contribution in [0.25, 0.3) is 0 Å². The van der Waals surface area contributed by atoms with Crippen molar-refractivity contribution in [1.82, 2.24) is 10.2 Å². The Morgan fingerprint density at radius 3 is 2.23 bits per heavy atom. The maximum atomic E-state index is 14.3. The van der Waals surface area contributed by atoms with Gasteiger partial charge in [-0.25, -0.2) is 8.42 Å². The van der Waals surface area contributed by atoms with Crippen LogP contribution in [0.15, 0.2) is 77.7 Å². The summed E-state index contributed by atoms with van der Waals surface area (Å²) in [5.41, 5.74) is 1.95. The van der Waals surface area contributed by atoms with Crippen LogP contribution in [0.5, 0.6) is 5.75 Å². The number of carbonyl (C=O) groups excluding carboxylic acids is 2. The Hall–Kier alpha value is -3.56. The van der Waals surface area contributed by atoms with Crippen LogP contribution in [0.3, 0.4) is 0 Å². The molecule has 10 heteroatoms. The summed E-state index contributed by atoms with van der Waals surface area (Å²) in [7, 11) is -2.67. The molecule has 8 nitrogen and oxygen atoms in total. The molecular formula is C33H40ClN3O5S. The highest BCUT2D eigenvalue weighted by molar-refractivity contribution is 7.92. The molecule has 43 heavy (non-hydrogen) atoms. The van der Waals surface area contributed by atoms with Gasteiger partial charge >= 0.3 is 0 Å². The molecule has 0 aromatic heterocycles. The van der Waals surface area contributed by atoms with E-state index in [1.54, 1.807) is 54.6 Å². The highest BCUT2D eigenvalue weighted by Gasteiger charge is 2.34. The molecule has 4 rings (SSSR count). The highest BCUT2D eigenvalue weighted by Crippen LogP contribution is 2.27. The molecule has 0 aliphatic heterocycles. The van der Waals surface area contributed by atoms with Gasteiger partial charge in [-0.3, -0.25) is 13.9 Å². The number of carbonyl (C=O) groups is 2. The second kappa shape index (κ2) is 14.8. The predicted molar refractivity (Wildman–Crippen MR) is 170 cm³/mol. The molecule has 0 bridgehead atoms. The SMILES string of the molecule is CCC(C(=O)NC1CCCCC1)N(Cc1ccccc1Cl)C(=O)CN(c1ccc(C)cc1)S(=O)(=O)c1ccc(OC)cc1. The number of hydrogen-bond acceptors (Lipinski definition) is 5. The van der Waals surface area contributed by atoms with Gasteiger partial charge in [-0.15, -0.1) is 0 Å². The van der Waals surface area contributed by atoms with Crippen LogP contribution in [0.1, 0.15) is 56.6 Å². The van der Waals surface area contributed by atoms with Crippen molar-refractivity contribution in [2.45, 2.75) is 75.9 Å². The van der Waals surface area contributed by atoms with E-state index in [2.05, 4.69) is 5.32 Å². The molecule has 0 radical (unpaired) electrons. The zero-order valence-corrected chi connectivity index (χ0v) is 26.5. The first-order valence-corrected chi connectivity index (χ1v) is 16.5. The van der Waals surface area contributed by atoms with Crippen molar-refractivity contribution < 1.29 is 22.7 Å². The van der Waals surface area contributed by atoms with Gasteiger partial charge in [0.25, 0.3) is 10.0 Å². The van der Waals surface area contributed by atoms with Crippen molar-refractivity contribution in [3.05, 3.63) is 88.9 Å². The first kappa shape index (κ1) is 32.4. The molecule has 1 unspecified atom stereocenters. The van der Waals surface area contributed by atoms with Gasteiger partial charge in [0.2, 0.25) is 11.8 Å². The zero-order chi connectivity index (χ0) is 31.0. The number of nitrogens with zero attached hydrogens (tertiary/aromatic N) is 2. The van der Waals surface area contributed by atoms with Crippen LogP contribution in [-0.4, -0.2) is 50.9 Å². The molecule has 1 atom stereocenters. The van der Waals surface area contributed by atoms with E-state index in [-0.39, 0.29) is 23.4 Å². The van der Waals surface area contributed by atoms with Crippen molar-refractivity contribution in [2.24, 2.45) is 0 Å². The van der Waals surface area contributed by atoms with Crippen LogP contribution in [-0.2, 0) is 26.2 Å². The summed E-state index contributed by atoms with van der Waals surface area (Å²) in [4.78, 5) is 29.4. The van der Waals surface area contributed by atoms with Gasteiger partial charge in [-0.1, -0.05) is 73.7 Å². The molecule has 230 valence electrons. The molecule has 0 spiro atoms. The number of amides is 2. The number of benzene rings is 3. The maximum absolute atomic E-state index is 14.3. The molecule has 1 aliphatic carbocycles. The van der Waals surface area contributed by atoms with Crippen molar-refractivity contribution in [3.63, 3.8) is 0 Å². The summed E-state index contributed by atoms with van der Waals surface area (Å²) < 4.78 is 34.4. The Bertz CT molecular complexity index is 1490. The van der Waals surface area contributed by atoms with E-state index in [4.69, 9.17) is 16.3 Å². The van der Waals surface area contributed by atoms with Gasteiger partial charge < -0.3 is 15.0 Å². The Labute approximate surface area is 260 Å². The fourth-order valence-corrected chi connectivity index (χ4v) is 7.00. The lowest BCUT2D eigenvalue weighted by Crippen LogP contribution is -2.54. The minimum absolute atomic E-state index is 0.0152. The number of nitrogens with one attached hydrogen (secondary N) is 1. The minimum atomic E-state index is -4.17. The Morgan fingerprint density at radius 1 is 0.977 bits per heavy atom. The molecule has 2 amide bonds. The molecule has 1 fully saturated rings. The first-order valence-electron chi connectivity index (χ1n) is 14.7. The highest BCUT2D eigenvalue weighted by atomic mass is 35.5. The Kier molecular flexibility index (Phi) is 11.1. The number of methoxy groups -OCH3 is 1. The van der Waals surface area contributed by atoms with E-state index < -0.39 is 28.5 Å². The fourth-order valence-electron chi connectivity index (χ4n) is 5.39. The molecule has 1 N–H and O–H groups in total. The molecular weight excluding hydrogens is 586 g/mol. The van der Waals surface area contributed by atoms with E-state index in [0.717, 1.165) is 42.0 Å². The third-order valence-electron chi connectivity index (χ3n) is 7.88. The summed E-state index contributed by atoms with van der Waals surface area (Å²) in [6.07, 6.45) is 5.42. The number of sulfonamides is 1. The predicted octanol–water partition coefficient (Wildman–Crippen LogP) is 6.11. The van der Waals surface area contributed by atoms with E-state index in [1.165, 1.54) is 24.1 Å². The number of hydrogen-bond donors (Lipinski definition) is 1. The van der Waals surface area contributed by atoms with Gasteiger partial charge in [0.1, 0.15) is 18.3 Å². The first-order chi connectivity index (χ1) is 20.6. The second-order valence-corrected chi connectivity index (χ2v) is 13.2. The standard InChI is InChI=1S/C33H40ClN3O5S/c1-4-31(33(39)35-26-11-6-5-7-12-26)36(22-25-10-8-9-13-30(25)34)32(38)23-37(27-16-14-24(2)15-17-27)43(40,41)29-20-18-28(42-3)19-21-29/h8-10,13-21,26,31H,4-7,11-12,22-23H2,1-3H3,(H,35,39). The van der Waals surface area contributed by atoms with E-state index in [1.807, 2.05) is 19.9 Å². The lowest BCUT2D eigenvalue weighted by atomic mass is 9.95. The van der Waals surface area contributed by atoms with Gasteiger partial charge in [0, 0.05) is 17.6 Å². The number of anilines is 1. The fraction of sp³-hybridized carbons (Fsp3) is 0.394. The lowest BCUT2D eigenvalue weighted by molar-refractivity contribution is -0.140. The van der Waals surface area contributed by atoms with Gasteiger partial charge in [-0.05, 0) is 74.2 Å². The van der Waals surface area contributed by atoms with E-state index in [9.17, 15) is 18.0 Å². The summed E-state index contributed by atoms with van der Waals surface area (Å²) in [5.74, 6) is -0.240. The quantitative estimate of drug-likeness (QED) is 0.262. The van der Waals surface area contributed by atoms with Crippen LogP contribution >= 0.6 is 11.6 Å². The normalized spacial score (nSPS) is 14.5. The zero-order valence-electron chi connectivity index (χ0n) is 25.0. The smallest absolute Gasteiger partial charge is 0.264 e. The largest absolute Gasteiger partial charge is 0.497 e. The number of halogens is 1. The lowest BCUT2D eigenvalue weighted by Gasteiger charge is -2.34. The summed E-state index contributed by atoms with van der Waals surface area (Å²) in [6, 6.07) is 19.4. The Morgan fingerprint density at radius 2 is 1.63 bits per heavy atom. The number of rotatable bonds is 12. The van der Waals surface area contributed by atoms with Crippen LogP contribution in [0.2, 0.25) is 5.02 Å².